The Balaban J connectivity index is 2.93. The molecule has 0 bridgehead atoms. The van der Waals surface area contributed by atoms with Crippen LogP contribution in [-0.2, 0) is 6.54 Å². The largest absolute Gasteiger partial charge is 0.274 e. The van der Waals surface area contributed by atoms with Crippen molar-refractivity contribution in [2.45, 2.75) is 6.54 Å². The Kier molecular flexibility index (Phi) is 2.14. The summed E-state index contributed by atoms with van der Waals surface area (Å²) < 4.78 is 1.13. The minimum atomic E-state index is -0.305. The maximum Gasteiger partial charge on any atom is 0.274 e. The summed E-state index contributed by atoms with van der Waals surface area (Å²) >= 11 is 0. The van der Waals surface area contributed by atoms with Gasteiger partial charge in [0.25, 0.3) is 11.1 Å². The molecule has 2 rings (SSSR count). The molecule has 0 unspecified atom stereocenters. The Hall–Kier alpha value is -2.28. The Morgan fingerprint density at radius 2 is 1.93 bits per heavy atom. The maximum atomic E-state index is 11.8. The number of aromatic nitrogens is 2. The van der Waals surface area contributed by atoms with Gasteiger partial charge in [-0.1, -0.05) is 18.1 Å². The minimum absolute atomic E-state index is 0.0684. The Morgan fingerprint density at radius 3 is 2.60 bits per heavy atom. The summed E-state index contributed by atoms with van der Waals surface area (Å²) in [5.74, 6) is 2.31. The zero-order valence-corrected chi connectivity index (χ0v) is 7.86. The molecular weight excluding hydrogens is 192 g/mol. The first-order valence-corrected chi connectivity index (χ1v) is 4.39. The van der Waals surface area contributed by atoms with Crippen molar-refractivity contribution in [3.63, 3.8) is 0 Å². The summed E-state index contributed by atoms with van der Waals surface area (Å²) in [5.41, 5.74) is -0.580. The summed E-state index contributed by atoms with van der Waals surface area (Å²) in [7, 11) is 0. The van der Waals surface area contributed by atoms with Crippen LogP contribution < -0.4 is 11.1 Å². The Morgan fingerprint density at radius 1 is 1.27 bits per heavy atom. The second-order valence-corrected chi connectivity index (χ2v) is 3.08. The number of fused-ring (bicyclic) bond motifs is 1. The third-order valence-electron chi connectivity index (χ3n) is 2.13. The molecule has 0 aliphatic carbocycles. The number of H-pyrrole nitrogens is 1. The van der Waals surface area contributed by atoms with Crippen molar-refractivity contribution in [3.05, 3.63) is 45.0 Å². The maximum absolute atomic E-state index is 11.8. The number of benzene rings is 1. The molecule has 4 heteroatoms. The van der Waals surface area contributed by atoms with E-state index in [0.29, 0.717) is 10.8 Å². The van der Waals surface area contributed by atoms with Crippen LogP contribution in [-0.4, -0.2) is 9.78 Å². The predicted molar refractivity (Wildman–Crippen MR) is 57.7 cm³/mol. The van der Waals surface area contributed by atoms with E-state index in [-0.39, 0.29) is 17.7 Å². The van der Waals surface area contributed by atoms with E-state index >= 15 is 0 Å². The van der Waals surface area contributed by atoms with Gasteiger partial charge in [0, 0.05) is 0 Å². The molecule has 15 heavy (non-hydrogen) atoms. The fraction of sp³-hybridized carbons (Fsp3) is 0.0909. The SMILES string of the molecule is C#CCn1[nH]c(=O)c2ccccc2c1=O. The zero-order valence-electron chi connectivity index (χ0n) is 7.86. The number of hydrogen-bond donors (Lipinski definition) is 1. The first kappa shape index (κ1) is 9.28. The molecule has 2 aromatic rings. The lowest BCUT2D eigenvalue weighted by Crippen LogP contribution is -2.29. The average Bonchev–Trinajstić information content (AvgIpc) is 2.26. The number of hydrogen-bond acceptors (Lipinski definition) is 2. The summed E-state index contributed by atoms with van der Waals surface area (Å²) in [6.07, 6.45) is 5.09. The molecule has 4 nitrogen and oxygen atoms in total. The summed E-state index contributed by atoms with van der Waals surface area (Å²) in [5, 5.41) is 3.20. The van der Waals surface area contributed by atoms with Gasteiger partial charge in [-0.15, -0.1) is 6.42 Å². The topological polar surface area (TPSA) is 54.9 Å². The molecule has 0 fully saturated rings. The summed E-state index contributed by atoms with van der Waals surface area (Å²) in [6, 6.07) is 6.64. The van der Waals surface area contributed by atoms with E-state index in [4.69, 9.17) is 6.42 Å². The Bertz CT molecular complexity index is 659. The molecule has 0 saturated carbocycles. The molecule has 0 spiro atoms. The van der Waals surface area contributed by atoms with Crippen LogP contribution in [0.2, 0.25) is 0 Å². The molecule has 1 aromatic carbocycles. The van der Waals surface area contributed by atoms with Gasteiger partial charge in [-0.3, -0.25) is 14.7 Å². The first-order valence-electron chi connectivity index (χ1n) is 4.39. The molecule has 1 N–H and O–H groups in total. The van der Waals surface area contributed by atoms with Crippen LogP contribution >= 0.6 is 0 Å². The second kappa shape index (κ2) is 3.46. The van der Waals surface area contributed by atoms with Gasteiger partial charge in [0.15, 0.2) is 0 Å². The lowest BCUT2D eigenvalue weighted by atomic mass is 10.2. The van der Waals surface area contributed by atoms with E-state index in [9.17, 15) is 9.59 Å². The van der Waals surface area contributed by atoms with Crippen LogP contribution in [0.1, 0.15) is 0 Å². The van der Waals surface area contributed by atoms with E-state index in [2.05, 4.69) is 11.0 Å². The Labute approximate surface area is 85.1 Å². The quantitative estimate of drug-likeness (QED) is 0.674. The number of terminal acetylenes is 1. The van der Waals surface area contributed by atoms with Crippen LogP contribution in [0, 0.1) is 12.3 Å². The van der Waals surface area contributed by atoms with Crippen LogP contribution in [0.3, 0.4) is 0 Å². The molecule has 74 valence electrons. The highest BCUT2D eigenvalue weighted by atomic mass is 16.2. The molecule has 0 amide bonds. The molecule has 0 aliphatic rings. The van der Waals surface area contributed by atoms with Gasteiger partial charge in [-0.25, -0.2) is 4.68 Å². The van der Waals surface area contributed by atoms with Crippen molar-refractivity contribution in [1.82, 2.24) is 9.78 Å². The standard InChI is InChI=1S/C11H8N2O2/c1-2-7-13-11(15)9-6-4-3-5-8(9)10(14)12-13/h1,3-6H,7H2,(H,12,14). The normalized spacial score (nSPS) is 10.1. The third-order valence-corrected chi connectivity index (χ3v) is 2.13. The van der Waals surface area contributed by atoms with Gasteiger partial charge < -0.3 is 0 Å². The fourth-order valence-electron chi connectivity index (χ4n) is 1.45. The summed E-state index contributed by atoms with van der Waals surface area (Å²) in [6.45, 7) is 0.0684. The van der Waals surface area contributed by atoms with E-state index in [0.717, 1.165) is 4.68 Å². The highest BCUT2D eigenvalue weighted by Gasteiger charge is 2.04. The number of nitrogens with zero attached hydrogens (tertiary/aromatic N) is 1. The number of aromatic amines is 1. The van der Waals surface area contributed by atoms with E-state index in [1.54, 1.807) is 24.3 Å². The van der Waals surface area contributed by atoms with Crippen molar-refractivity contribution in [1.29, 1.82) is 0 Å². The molecule has 0 saturated heterocycles. The molecule has 0 atom stereocenters. The van der Waals surface area contributed by atoms with E-state index in [1.165, 1.54) is 0 Å². The second-order valence-electron chi connectivity index (χ2n) is 3.08. The molecular formula is C11H8N2O2. The lowest BCUT2D eigenvalue weighted by Gasteiger charge is -2.02. The smallest absolute Gasteiger partial charge is 0.267 e. The van der Waals surface area contributed by atoms with Crippen molar-refractivity contribution in [2.75, 3.05) is 0 Å². The van der Waals surface area contributed by atoms with Crippen LogP contribution in [0.4, 0.5) is 0 Å². The fourth-order valence-corrected chi connectivity index (χ4v) is 1.45. The molecule has 0 radical (unpaired) electrons. The number of nitrogens with one attached hydrogen (secondary N) is 1. The van der Waals surface area contributed by atoms with Crippen molar-refractivity contribution in [3.8, 4) is 12.3 Å². The highest BCUT2D eigenvalue weighted by Crippen LogP contribution is 2.01. The van der Waals surface area contributed by atoms with Gasteiger partial charge in [-0.2, -0.15) is 0 Å². The first-order chi connectivity index (χ1) is 7.24. The van der Waals surface area contributed by atoms with Gasteiger partial charge in [0.1, 0.15) is 6.54 Å². The van der Waals surface area contributed by atoms with Crippen LogP contribution in [0.25, 0.3) is 10.8 Å². The van der Waals surface area contributed by atoms with Crippen LogP contribution in [0.5, 0.6) is 0 Å². The monoisotopic (exact) mass is 200 g/mol. The van der Waals surface area contributed by atoms with E-state index in [1.807, 2.05) is 0 Å². The molecule has 1 heterocycles. The highest BCUT2D eigenvalue weighted by molar-refractivity contribution is 5.80. The van der Waals surface area contributed by atoms with Crippen molar-refractivity contribution in [2.24, 2.45) is 0 Å². The molecule has 1 aromatic heterocycles. The van der Waals surface area contributed by atoms with Crippen molar-refractivity contribution >= 4 is 10.8 Å². The third kappa shape index (κ3) is 1.44. The lowest BCUT2D eigenvalue weighted by molar-refractivity contribution is 0.660. The number of rotatable bonds is 1. The van der Waals surface area contributed by atoms with Gasteiger partial charge in [0.2, 0.25) is 0 Å². The van der Waals surface area contributed by atoms with Gasteiger partial charge in [0.05, 0.1) is 10.8 Å². The van der Waals surface area contributed by atoms with Gasteiger partial charge in [-0.05, 0) is 12.1 Å². The van der Waals surface area contributed by atoms with Gasteiger partial charge >= 0.3 is 0 Å². The predicted octanol–water partition coefficient (Wildman–Crippen LogP) is 0.323. The summed E-state index contributed by atoms with van der Waals surface area (Å²) in [4.78, 5) is 23.3. The zero-order chi connectivity index (χ0) is 10.8. The van der Waals surface area contributed by atoms with Crippen molar-refractivity contribution < 1.29 is 0 Å². The average molecular weight is 200 g/mol. The minimum Gasteiger partial charge on any atom is -0.267 e. The van der Waals surface area contributed by atoms with E-state index < -0.39 is 0 Å². The van der Waals surface area contributed by atoms with Crippen LogP contribution in [0.15, 0.2) is 33.9 Å². The molecule has 0 aliphatic heterocycles.